The number of benzene rings is 1. The molecule has 1 aromatic rings. The quantitative estimate of drug-likeness (QED) is 0.858. The minimum absolute atomic E-state index is 0.0321. The first-order valence-corrected chi connectivity index (χ1v) is 6.85. The molecule has 0 heterocycles. The molecule has 19 heavy (non-hydrogen) atoms. The second-order valence-corrected chi connectivity index (χ2v) is 6.12. The molecule has 3 heteroatoms. The van der Waals surface area contributed by atoms with Crippen molar-refractivity contribution in [2.24, 2.45) is 5.92 Å². The van der Waals surface area contributed by atoms with Crippen molar-refractivity contribution in [3.63, 3.8) is 0 Å². The van der Waals surface area contributed by atoms with Crippen molar-refractivity contribution in [3.05, 3.63) is 35.4 Å². The second kappa shape index (κ2) is 6.71. The summed E-state index contributed by atoms with van der Waals surface area (Å²) in [7, 11) is 0. The van der Waals surface area contributed by atoms with Gasteiger partial charge in [0.25, 0.3) is 5.91 Å². The predicted octanol–water partition coefficient (Wildman–Crippen LogP) is 2.73. The van der Waals surface area contributed by atoms with Gasteiger partial charge in [-0.05, 0) is 29.4 Å². The zero-order chi connectivity index (χ0) is 14.5. The van der Waals surface area contributed by atoms with Gasteiger partial charge in [0.05, 0.1) is 0 Å². The van der Waals surface area contributed by atoms with Crippen LogP contribution in [0.4, 0.5) is 0 Å². The van der Waals surface area contributed by atoms with Gasteiger partial charge in [0.2, 0.25) is 0 Å². The number of carbonyl (C=O) groups excluding carboxylic acids is 1. The van der Waals surface area contributed by atoms with Crippen molar-refractivity contribution >= 4 is 5.91 Å². The fourth-order valence-corrected chi connectivity index (χ4v) is 2.02. The predicted molar refractivity (Wildman–Crippen MR) is 78.3 cm³/mol. The van der Waals surface area contributed by atoms with E-state index in [4.69, 9.17) is 5.11 Å². The second-order valence-electron chi connectivity index (χ2n) is 6.12. The van der Waals surface area contributed by atoms with Crippen LogP contribution in [0, 0.1) is 5.92 Å². The van der Waals surface area contributed by atoms with Gasteiger partial charge in [-0.1, -0.05) is 45.9 Å². The number of hydrogen-bond acceptors (Lipinski definition) is 2. The van der Waals surface area contributed by atoms with Crippen molar-refractivity contribution in [2.75, 3.05) is 13.2 Å². The Morgan fingerprint density at radius 1 is 1.32 bits per heavy atom. The number of aliphatic hydroxyl groups is 1. The Hall–Kier alpha value is -1.35. The third-order valence-corrected chi connectivity index (χ3v) is 3.21. The maximum absolute atomic E-state index is 12.2. The molecule has 0 aliphatic carbocycles. The summed E-state index contributed by atoms with van der Waals surface area (Å²) in [6, 6.07) is 7.73. The van der Waals surface area contributed by atoms with E-state index in [1.54, 1.807) is 0 Å². The maximum Gasteiger partial charge on any atom is 0.251 e. The Labute approximate surface area is 116 Å². The highest BCUT2D eigenvalue weighted by Gasteiger charge is 2.21. The van der Waals surface area contributed by atoms with Gasteiger partial charge in [0, 0.05) is 18.7 Å². The SMILES string of the molecule is CC(CCO)CNC(=O)c1ccccc1C(C)(C)C. The fourth-order valence-electron chi connectivity index (χ4n) is 2.02. The molecule has 106 valence electrons. The van der Waals surface area contributed by atoms with E-state index in [1.165, 1.54) is 0 Å². The summed E-state index contributed by atoms with van der Waals surface area (Å²) < 4.78 is 0. The van der Waals surface area contributed by atoms with Crippen LogP contribution in [0.15, 0.2) is 24.3 Å². The first-order chi connectivity index (χ1) is 8.86. The Kier molecular flexibility index (Phi) is 5.55. The van der Waals surface area contributed by atoms with Crippen LogP contribution >= 0.6 is 0 Å². The van der Waals surface area contributed by atoms with Gasteiger partial charge in [-0.2, -0.15) is 0 Å². The Bertz CT molecular complexity index is 421. The monoisotopic (exact) mass is 263 g/mol. The average Bonchev–Trinajstić information content (AvgIpc) is 2.35. The molecule has 1 atom stereocenters. The van der Waals surface area contributed by atoms with Gasteiger partial charge in [-0.15, -0.1) is 0 Å². The summed E-state index contributed by atoms with van der Waals surface area (Å²) in [4.78, 5) is 12.2. The van der Waals surface area contributed by atoms with Crippen molar-refractivity contribution in [3.8, 4) is 0 Å². The third-order valence-electron chi connectivity index (χ3n) is 3.21. The molecule has 0 aromatic heterocycles. The number of aliphatic hydroxyl groups excluding tert-OH is 1. The lowest BCUT2D eigenvalue weighted by Gasteiger charge is -2.22. The molecule has 2 N–H and O–H groups in total. The molecule has 0 aliphatic heterocycles. The van der Waals surface area contributed by atoms with Crippen molar-refractivity contribution in [1.29, 1.82) is 0 Å². The number of nitrogens with one attached hydrogen (secondary N) is 1. The molecule has 1 aromatic carbocycles. The maximum atomic E-state index is 12.2. The number of hydrogen-bond donors (Lipinski definition) is 2. The number of carbonyl (C=O) groups is 1. The first-order valence-electron chi connectivity index (χ1n) is 6.85. The van der Waals surface area contributed by atoms with Crippen molar-refractivity contribution < 1.29 is 9.90 Å². The highest BCUT2D eigenvalue weighted by Crippen LogP contribution is 2.25. The van der Waals surface area contributed by atoms with Crippen LogP contribution in [0.25, 0.3) is 0 Å². The lowest BCUT2D eigenvalue weighted by molar-refractivity contribution is 0.0943. The minimum Gasteiger partial charge on any atom is -0.396 e. The van der Waals surface area contributed by atoms with Crippen LogP contribution < -0.4 is 5.32 Å². The smallest absolute Gasteiger partial charge is 0.251 e. The van der Waals surface area contributed by atoms with E-state index < -0.39 is 0 Å². The van der Waals surface area contributed by atoms with Crippen LogP contribution in [0.2, 0.25) is 0 Å². The van der Waals surface area contributed by atoms with Crippen LogP contribution in [0.5, 0.6) is 0 Å². The van der Waals surface area contributed by atoms with E-state index in [1.807, 2.05) is 31.2 Å². The van der Waals surface area contributed by atoms with Gasteiger partial charge in [-0.3, -0.25) is 4.79 Å². The molecular formula is C16H25NO2. The summed E-state index contributed by atoms with van der Waals surface area (Å²) in [5.41, 5.74) is 1.75. The summed E-state index contributed by atoms with van der Waals surface area (Å²) in [6.45, 7) is 9.09. The summed E-state index contributed by atoms with van der Waals surface area (Å²) in [6.07, 6.45) is 0.710. The fraction of sp³-hybridized carbons (Fsp3) is 0.562. The van der Waals surface area contributed by atoms with Crippen molar-refractivity contribution in [1.82, 2.24) is 5.32 Å². The first kappa shape index (κ1) is 15.7. The zero-order valence-electron chi connectivity index (χ0n) is 12.4. The lowest BCUT2D eigenvalue weighted by Crippen LogP contribution is -2.30. The Morgan fingerprint density at radius 2 is 1.95 bits per heavy atom. The molecule has 0 aliphatic rings. The van der Waals surface area contributed by atoms with E-state index in [2.05, 4.69) is 26.1 Å². The third kappa shape index (κ3) is 4.67. The van der Waals surface area contributed by atoms with Crippen LogP contribution in [0.1, 0.15) is 50.0 Å². The summed E-state index contributed by atoms with van der Waals surface area (Å²) in [5, 5.41) is 11.8. The Morgan fingerprint density at radius 3 is 2.53 bits per heavy atom. The standard InChI is InChI=1S/C16H25NO2/c1-12(9-10-18)11-17-15(19)13-7-5-6-8-14(13)16(2,3)4/h5-8,12,18H,9-11H2,1-4H3,(H,17,19). The molecule has 0 spiro atoms. The van der Waals surface area contributed by atoms with Crippen molar-refractivity contribution in [2.45, 2.75) is 39.5 Å². The van der Waals surface area contributed by atoms with Gasteiger partial charge in [0.1, 0.15) is 0 Å². The molecule has 3 nitrogen and oxygen atoms in total. The van der Waals surface area contributed by atoms with Crippen LogP contribution in [-0.4, -0.2) is 24.2 Å². The van der Waals surface area contributed by atoms with E-state index in [9.17, 15) is 4.79 Å². The zero-order valence-corrected chi connectivity index (χ0v) is 12.4. The van der Waals surface area contributed by atoms with E-state index >= 15 is 0 Å². The molecular weight excluding hydrogens is 238 g/mol. The molecule has 1 rings (SSSR count). The normalized spacial score (nSPS) is 13.1. The molecule has 0 saturated carbocycles. The lowest BCUT2D eigenvalue weighted by atomic mass is 9.83. The van der Waals surface area contributed by atoms with Crippen LogP contribution in [0.3, 0.4) is 0 Å². The van der Waals surface area contributed by atoms with Gasteiger partial charge >= 0.3 is 0 Å². The molecule has 0 bridgehead atoms. The highest BCUT2D eigenvalue weighted by atomic mass is 16.3. The van der Waals surface area contributed by atoms with E-state index in [0.29, 0.717) is 13.0 Å². The summed E-state index contributed by atoms with van der Waals surface area (Å²) >= 11 is 0. The largest absolute Gasteiger partial charge is 0.396 e. The molecule has 1 amide bonds. The molecule has 0 fully saturated rings. The molecule has 0 radical (unpaired) electrons. The average molecular weight is 263 g/mol. The van der Waals surface area contributed by atoms with E-state index in [-0.39, 0.29) is 23.8 Å². The molecule has 0 saturated heterocycles. The topological polar surface area (TPSA) is 49.3 Å². The van der Waals surface area contributed by atoms with Gasteiger partial charge in [0.15, 0.2) is 0 Å². The Balaban J connectivity index is 2.78. The number of amides is 1. The number of rotatable bonds is 5. The van der Waals surface area contributed by atoms with Gasteiger partial charge in [-0.25, -0.2) is 0 Å². The molecule has 1 unspecified atom stereocenters. The van der Waals surface area contributed by atoms with Gasteiger partial charge < -0.3 is 10.4 Å². The van der Waals surface area contributed by atoms with E-state index in [0.717, 1.165) is 11.1 Å². The minimum atomic E-state index is -0.0509. The highest BCUT2D eigenvalue weighted by molar-refractivity contribution is 5.96. The van der Waals surface area contributed by atoms with Crippen LogP contribution in [-0.2, 0) is 5.41 Å². The summed E-state index contributed by atoms with van der Waals surface area (Å²) in [5.74, 6) is 0.256.